The van der Waals surface area contributed by atoms with Crippen molar-refractivity contribution in [2.75, 3.05) is 0 Å². The van der Waals surface area contributed by atoms with Crippen LogP contribution in [0.25, 0.3) is 40.3 Å². The van der Waals surface area contributed by atoms with E-state index < -0.39 is 31.2 Å². The summed E-state index contributed by atoms with van der Waals surface area (Å²) in [4.78, 5) is 33.0. The van der Waals surface area contributed by atoms with Crippen LogP contribution >= 0.6 is 34.4 Å². The first-order valence-electron chi connectivity index (χ1n) is 16.6. The van der Waals surface area contributed by atoms with Gasteiger partial charge in [-0.15, -0.1) is 22.7 Å². The Labute approximate surface area is 332 Å². The van der Waals surface area contributed by atoms with E-state index in [2.05, 4.69) is 88.4 Å². The zero-order valence-electron chi connectivity index (χ0n) is 29.6. The molecule has 0 radical (unpaired) electrons. The summed E-state index contributed by atoms with van der Waals surface area (Å²) in [7, 11) is -0.430. The number of hydrogen-bond acceptors (Lipinski definition) is 5. The SMILES string of the molecule is Cc1cc(C)cc([S+](c2ccc3sc4ccccc4c(=O)c3c2)c2c(C)cc(Sc3ccc4sc5ccccc5c(=O)c4c3)cc2C)c1.[F-].[F][Sb]([F])([F])([F])[F]. The molecule has 0 N–H and O–H groups in total. The van der Waals surface area contributed by atoms with Crippen molar-refractivity contribution in [3.05, 3.63) is 158 Å². The van der Waals surface area contributed by atoms with Crippen LogP contribution in [0, 0.1) is 27.7 Å². The van der Waals surface area contributed by atoms with Crippen LogP contribution in [-0.4, -0.2) is 20.3 Å². The Hall–Kier alpha value is -3.80. The van der Waals surface area contributed by atoms with Crippen molar-refractivity contribution < 1.29 is 18.8 Å². The fourth-order valence-corrected chi connectivity index (χ4v) is 12.3. The number of aryl methyl sites for hydroxylation is 4. The molecule has 0 bridgehead atoms. The van der Waals surface area contributed by atoms with E-state index in [1.165, 1.54) is 32.0 Å². The summed E-state index contributed by atoms with van der Waals surface area (Å²) in [5.74, 6) is 0. The van der Waals surface area contributed by atoms with Crippen molar-refractivity contribution in [2.45, 2.75) is 52.2 Å². The predicted octanol–water partition coefficient (Wildman–Crippen LogP) is 10.3. The molecule has 0 aliphatic rings. The minimum atomic E-state index is -9.19. The maximum absolute atomic E-state index is 13.8. The maximum atomic E-state index is 13.8. The second-order valence-electron chi connectivity index (χ2n) is 12.9. The zero-order chi connectivity index (χ0) is 38.6. The molecule has 0 saturated carbocycles. The molecular formula is C42H31F6O2S4Sb. The monoisotopic (exact) mass is 930 g/mol. The number of hydrogen-bond donors (Lipinski definition) is 0. The average Bonchev–Trinajstić information content (AvgIpc) is 3.09. The van der Waals surface area contributed by atoms with Crippen molar-refractivity contribution in [1.29, 1.82) is 0 Å². The van der Waals surface area contributed by atoms with Gasteiger partial charge in [-0.1, -0.05) is 42.1 Å². The average molecular weight is 932 g/mol. The van der Waals surface area contributed by atoms with Gasteiger partial charge in [-0.2, -0.15) is 0 Å². The van der Waals surface area contributed by atoms with E-state index in [1.54, 1.807) is 34.4 Å². The molecule has 0 spiro atoms. The molecule has 2 aromatic heterocycles. The molecule has 282 valence electrons. The molecule has 8 aromatic rings. The van der Waals surface area contributed by atoms with Crippen LogP contribution < -0.4 is 15.6 Å². The van der Waals surface area contributed by atoms with Crippen LogP contribution in [-0.2, 0) is 10.9 Å². The Morgan fingerprint density at radius 2 is 0.964 bits per heavy atom. The topological polar surface area (TPSA) is 34.1 Å². The van der Waals surface area contributed by atoms with Crippen LogP contribution in [0.1, 0.15) is 22.3 Å². The molecule has 8 rings (SSSR count). The Kier molecular flexibility index (Phi) is 11.6. The van der Waals surface area contributed by atoms with Gasteiger partial charge in [0.1, 0.15) is 0 Å². The molecule has 1 atom stereocenters. The van der Waals surface area contributed by atoms with Crippen LogP contribution in [0.2, 0.25) is 0 Å². The third-order valence-electron chi connectivity index (χ3n) is 8.63. The van der Waals surface area contributed by atoms with Gasteiger partial charge in [0.25, 0.3) is 0 Å². The molecule has 6 aromatic carbocycles. The predicted molar refractivity (Wildman–Crippen MR) is 221 cm³/mol. The summed E-state index contributed by atoms with van der Waals surface area (Å²) in [6.45, 7) is 8.72. The van der Waals surface area contributed by atoms with E-state index in [0.717, 1.165) is 55.0 Å². The summed E-state index contributed by atoms with van der Waals surface area (Å²) in [5, 5.41) is 3.10. The van der Waals surface area contributed by atoms with Crippen LogP contribution in [0.4, 0.5) is 14.1 Å². The summed E-state index contributed by atoms with van der Waals surface area (Å²) in [6.07, 6.45) is 0. The Morgan fingerprint density at radius 3 is 1.49 bits per heavy atom. The van der Waals surface area contributed by atoms with E-state index in [4.69, 9.17) is 0 Å². The first-order valence-corrected chi connectivity index (χ1v) is 25.1. The minimum absolute atomic E-state index is 0. The van der Waals surface area contributed by atoms with Gasteiger partial charge in [-0.25, -0.2) is 0 Å². The van der Waals surface area contributed by atoms with Crippen molar-refractivity contribution in [3.63, 3.8) is 0 Å². The Morgan fingerprint density at radius 1 is 0.509 bits per heavy atom. The quantitative estimate of drug-likeness (QED) is 0.0747. The van der Waals surface area contributed by atoms with E-state index in [9.17, 15) is 23.7 Å². The molecule has 55 heavy (non-hydrogen) atoms. The van der Waals surface area contributed by atoms with Gasteiger partial charge < -0.3 is 4.70 Å². The fraction of sp³-hybridized carbons (Fsp3) is 0.0952. The van der Waals surface area contributed by atoms with Gasteiger partial charge in [-0.3, -0.25) is 9.59 Å². The van der Waals surface area contributed by atoms with Crippen molar-refractivity contribution >= 4 is 106 Å². The number of rotatable bonds is 5. The Balaban J connectivity index is 0.000000682. The van der Waals surface area contributed by atoms with E-state index in [1.807, 2.05) is 54.6 Å². The molecule has 0 fully saturated rings. The molecular weight excluding hydrogens is 900 g/mol. The first-order chi connectivity index (χ1) is 25.5. The third kappa shape index (κ3) is 9.26. The zero-order valence-corrected chi connectivity index (χ0v) is 35.5. The molecule has 0 aliphatic heterocycles. The van der Waals surface area contributed by atoms with Gasteiger partial charge in [0, 0.05) is 67.3 Å². The first kappa shape index (κ1) is 40.8. The summed E-state index contributed by atoms with van der Waals surface area (Å²) < 4.78 is 53.6. The van der Waals surface area contributed by atoms with E-state index >= 15 is 0 Å². The van der Waals surface area contributed by atoms with E-state index in [-0.39, 0.29) is 15.6 Å². The van der Waals surface area contributed by atoms with Crippen LogP contribution in [0.5, 0.6) is 0 Å². The molecule has 1 unspecified atom stereocenters. The van der Waals surface area contributed by atoms with Gasteiger partial charge in [0.15, 0.2) is 25.5 Å². The van der Waals surface area contributed by atoms with Crippen molar-refractivity contribution in [2.24, 2.45) is 0 Å². The fourth-order valence-electron chi connectivity index (χ4n) is 6.61. The number of benzene rings is 6. The molecule has 2 heterocycles. The summed E-state index contributed by atoms with van der Waals surface area (Å²) in [5.41, 5.74) is 5.06. The van der Waals surface area contributed by atoms with Crippen molar-refractivity contribution in [3.8, 4) is 0 Å². The Bertz CT molecular complexity index is 2840. The summed E-state index contributed by atoms with van der Waals surface area (Å²) in [6, 6.07) is 39.8. The van der Waals surface area contributed by atoms with Gasteiger partial charge in [0.2, 0.25) is 0 Å². The van der Waals surface area contributed by atoms with Gasteiger partial charge >= 0.3 is 34.4 Å². The molecule has 0 saturated heterocycles. The van der Waals surface area contributed by atoms with Crippen LogP contribution in [0.3, 0.4) is 0 Å². The standard InChI is InChI=1S/C42H31O2S4.6FH.Sb/c1-24-17-25(2)19-31(18-24)48(30-14-16-39-35(23-30)41(44)33-10-6-8-12-37(33)47-39)42-26(3)20-29(21-27(42)4)45-28-13-15-38-34(22-28)40(43)32-9-5-7-11-36(32)46-38;;;;;;;/h5-23H,1-4H3;6*1H;/q+1;;;;;;;+5/p-6. The third-order valence-corrected chi connectivity index (χ3v) is 14.4. The number of fused-ring (bicyclic) bond motifs is 4. The molecule has 0 amide bonds. The van der Waals surface area contributed by atoms with Gasteiger partial charge in [0.05, 0.1) is 10.9 Å². The second kappa shape index (κ2) is 15.6. The normalized spacial score (nSPS) is 12.9. The second-order valence-corrected chi connectivity index (χ2v) is 21.9. The molecule has 13 heteroatoms. The van der Waals surface area contributed by atoms with Crippen molar-refractivity contribution in [1.82, 2.24) is 0 Å². The van der Waals surface area contributed by atoms with E-state index in [0.29, 0.717) is 0 Å². The molecule has 0 aliphatic carbocycles. The molecule has 2 nitrogen and oxygen atoms in total. The number of halogens is 6. The van der Waals surface area contributed by atoms with Crippen LogP contribution in [0.15, 0.2) is 149 Å². The summed E-state index contributed by atoms with van der Waals surface area (Å²) >= 11 is -4.16. The van der Waals surface area contributed by atoms with Gasteiger partial charge in [-0.05, 0) is 118 Å².